The maximum atomic E-state index is 9.96. The van der Waals surface area contributed by atoms with Gasteiger partial charge in [-0.05, 0) is 25.3 Å². The molecule has 14 heavy (non-hydrogen) atoms. The molecule has 0 saturated carbocycles. The molecule has 80 valence electrons. The normalized spacial score (nSPS) is 15.5. The predicted octanol–water partition coefficient (Wildman–Crippen LogP) is 2.20. The monoisotopic (exact) mass is 196 g/mol. The van der Waals surface area contributed by atoms with Crippen LogP contribution < -0.4 is 0 Å². The van der Waals surface area contributed by atoms with E-state index in [0.717, 1.165) is 24.2 Å². The van der Waals surface area contributed by atoms with Crippen molar-refractivity contribution < 1.29 is 5.11 Å². The zero-order chi connectivity index (χ0) is 10.7. The van der Waals surface area contributed by atoms with E-state index >= 15 is 0 Å². The van der Waals surface area contributed by atoms with Gasteiger partial charge < -0.3 is 5.11 Å². The van der Waals surface area contributed by atoms with Crippen molar-refractivity contribution in [2.45, 2.75) is 39.7 Å². The van der Waals surface area contributed by atoms with Crippen LogP contribution in [0.1, 0.15) is 44.2 Å². The summed E-state index contributed by atoms with van der Waals surface area (Å²) in [7, 11) is 1.88. The number of rotatable bonds is 4. The Morgan fingerprint density at radius 2 is 2.21 bits per heavy atom. The van der Waals surface area contributed by atoms with Gasteiger partial charge >= 0.3 is 0 Å². The van der Waals surface area contributed by atoms with Crippen molar-refractivity contribution in [3.8, 4) is 0 Å². The van der Waals surface area contributed by atoms with Gasteiger partial charge in [0.25, 0.3) is 0 Å². The van der Waals surface area contributed by atoms with Gasteiger partial charge in [-0.2, -0.15) is 5.10 Å². The summed E-state index contributed by atoms with van der Waals surface area (Å²) in [5.41, 5.74) is 1.88. The number of nitrogens with zero attached hydrogens (tertiary/aromatic N) is 2. The third kappa shape index (κ3) is 2.58. The minimum Gasteiger partial charge on any atom is -0.387 e. The molecule has 3 nitrogen and oxygen atoms in total. The molecule has 0 fully saturated rings. The Balaban J connectivity index is 2.69. The zero-order valence-electron chi connectivity index (χ0n) is 9.49. The lowest BCUT2D eigenvalue weighted by molar-refractivity contribution is 0.138. The van der Waals surface area contributed by atoms with Gasteiger partial charge in [0.2, 0.25) is 0 Å². The van der Waals surface area contributed by atoms with Gasteiger partial charge in [-0.15, -0.1) is 0 Å². The summed E-state index contributed by atoms with van der Waals surface area (Å²) >= 11 is 0. The Morgan fingerprint density at radius 1 is 1.57 bits per heavy atom. The molecule has 2 atom stereocenters. The minimum atomic E-state index is -0.379. The van der Waals surface area contributed by atoms with Crippen LogP contribution in [0.4, 0.5) is 0 Å². The highest BCUT2D eigenvalue weighted by Gasteiger charge is 2.15. The Hall–Kier alpha value is -0.830. The van der Waals surface area contributed by atoms with Crippen LogP contribution >= 0.6 is 0 Å². The van der Waals surface area contributed by atoms with Crippen molar-refractivity contribution in [1.29, 1.82) is 0 Å². The van der Waals surface area contributed by atoms with Crippen LogP contribution in [0, 0.1) is 12.8 Å². The molecule has 2 unspecified atom stereocenters. The molecule has 0 spiro atoms. The van der Waals surface area contributed by atoms with Gasteiger partial charge in [0.15, 0.2) is 0 Å². The first-order valence-electron chi connectivity index (χ1n) is 5.23. The highest BCUT2D eigenvalue weighted by molar-refractivity contribution is 5.11. The molecular formula is C11H20N2O. The summed E-state index contributed by atoms with van der Waals surface area (Å²) in [5.74, 6) is 0.556. The highest BCUT2D eigenvalue weighted by Crippen LogP contribution is 2.22. The maximum absolute atomic E-state index is 9.96. The molecule has 0 saturated heterocycles. The van der Waals surface area contributed by atoms with E-state index < -0.39 is 0 Å². The topological polar surface area (TPSA) is 38.1 Å². The lowest BCUT2D eigenvalue weighted by Gasteiger charge is -2.14. The molecule has 0 aliphatic heterocycles. The number of aryl methyl sites for hydroxylation is 2. The van der Waals surface area contributed by atoms with Crippen LogP contribution in [-0.4, -0.2) is 14.9 Å². The number of hydrogen-bond acceptors (Lipinski definition) is 2. The van der Waals surface area contributed by atoms with Crippen LogP contribution in [0.25, 0.3) is 0 Å². The summed E-state index contributed by atoms with van der Waals surface area (Å²) < 4.78 is 1.77. The fourth-order valence-electron chi connectivity index (χ4n) is 1.61. The quantitative estimate of drug-likeness (QED) is 0.801. The second-order valence-corrected chi connectivity index (χ2v) is 4.10. The molecule has 1 heterocycles. The van der Waals surface area contributed by atoms with Crippen LogP contribution in [-0.2, 0) is 7.05 Å². The van der Waals surface area contributed by atoms with Gasteiger partial charge in [0, 0.05) is 7.05 Å². The fraction of sp³-hybridized carbons (Fsp3) is 0.727. The molecule has 1 rings (SSSR count). The molecule has 1 N–H and O–H groups in total. The van der Waals surface area contributed by atoms with E-state index in [4.69, 9.17) is 0 Å². The zero-order valence-corrected chi connectivity index (χ0v) is 9.49. The molecule has 0 aromatic carbocycles. The van der Waals surface area contributed by atoms with E-state index in [1.165, 1.54) is 0 Å². The molecule has 3 heteroatoms. The van der Waals surface area contributed by atoms with E-state index in [1.807, 2.05) is 20.0 Å². The van der Waals surface area contributed by atoms with Crippen LogP contribution in [0.15, 0.2) is 6.07 Å². The number of aromatic nitrogens is 2. The second kappa shape index (κ2) is 4.60. The van der Waals surface area contributed by atoms with Gasteiger partial charge in [-0.1, -0.05) is 20.3 Å². The first-order valence-corrected chi connectivity index (χ1v) is 5.23. The van der Waals surface area contributed by atoms with E-state index in [9.17, 15) is 5.11 Å². The van der Waals surface area contributed by atoms with E-state index in [2.05, 4.69) is 18.9 Å². The van der Waals surface area contributed by atoms with E-state index in [0.29, 0.717) is 5.92 Å². The summed E-state index contributed by atoms with van der Waals surface area (Å²) in [6.45, 7) is 6.25. The number of aliphatic hydroxyl groups excluding tert-OH is 1. The summed E-state index contributed by atoms with van der Waals surface area (Å²) in [6.07, 6.45) is 1.54. The molecule has 0 bridgehead atoms. The Labute approximate surface area is 85.8 Å². The second-order valence-electron chi connectivity index (χ2n) is 4.10. The smallest absolute Gasteiger partial charge is 0.0959 e. The Morgan fingerprint density at radius 3 is 2.64 bits per heavy atom. The van der Waals surface area contributed by atoms with Crippen LogP contribution in [0.3, 0.4) is 0 Å². The van der Waals surface area contributed by atoms with Crippen molar-refractivity contribution >= 4 is 0 Å². The average Bonchev–Trinajstić information content (AvgIpc) is 2.45. The number of hydrogen-bond donors (Lipinski definition) is 1. The molecular weight excluding hydrogens is 176 g/mol. The standard InChI is InChI=1S/C11H20N2O/c1-5-8(2)6-11(14)10-7-9(3)12-13(10)4/h7-8,11,14H,5-6H2,1-4H3. The van der Waals surface area contributed by atoms with Gasteiger partial charge in [-0.3, -0.25) is 4.68 Å². The minimum absolute atomic E-state index is 0.379. The van der Waals surface area contributed by atoms with Gasteiger partial charge in [-0.25, -0.2) is 0 Å². The van der Waals surface area contributed by atoms with Gasteiger partial charge in [0.1, 0.15) is 0 Å². The Bertz CT molecular complexity index is 293. The summed E-state index contributed by atoms with van der Waals surface area (Å²) in [6, 6.07) is 1.95. The largest absolute Gasteiger partial charge is 0.387 e. The molecule has 0 aliphatic carbocycles. The third-order valence-corrected chi connectivity index (χ3v) is 2.70. The predicted molar refractivity (Wildman–Crippen MR) is 57.0 cm³/mol. The maximum Gasteiger partial charge on any atom is 0.0959 e. The SMILES string of the molecule is CCC(C)CC(O)c1cc(C)nn1C. The molecule has 0 amide bonds. The van der Waals surface area contributed by atoms with Crippen molar-refractivity contribution in [3.05, 3.63) is 17.5 Å². The first kappa shape index (κ1) is 11.2. The van der Waals surface area contributed by atoms with Gasteiger partial charge in [0.05, 0.1) is 17.5 Å². The van der Waals surface area contributed by atoms with Crippen molar-refractivity contribution in [2.75, 3.05) is 0 Å². The third-order valence-electron chi connectivity index (χ3n) is 2.70. The average molecular weight is 196 g/mol. The summed E-state index contributed by atoms with van der Waals surface area (Å²) in [5, 5.41) is 14.2. The van der Waals surface area contributed by atoms with Crippen LogP contribution in [0.2, 0.25) is 0 Å². The van der Waals surface area contributed by atoms with Crippen molar-refractivity contribution in [1.82, 2.24) is 9.78 Å². The van der Waals surface area contributed by atoms with Crippen molar-refractivity contribution in [3.63, 3.8) is 0 Å². The summed E-state index contributed by atoms with van der Waals surface area (Å²) in [4.78, 5) is 0. The Kier molecular flexibility index (Phi) is 3.69. The van der Waals surface area contributed by atoms with E-state index in [-0.39, 0.29) is 6.10 Å². The lowest BCUT2D eigenvalue weighted by Crippen LogP contribution is -2.08. The molecule has 0 radical (unpaired) electrons. The highest BCUT2D eigenvalue weighted by atomic mass is 16.3. The molecule has 1 aromatic heterocycles. The fourth-order valence-corrected chi connectivity index (χ4v) is 1.61. The molecule has 0 aliphatic rings. The lowest BCUT2D eigenvalue weighted by atomic mass is 9.99. The van der Waals surface area contributed by atoms with Crippen LogP contribution in [0.5, 0.6) is 0 Å². The molecule has 1 aromatic rings. The number of aliphatic hydroxyl groups is 1. The van der Waals surface area contributed by atoms with Crippen molar-refractivity contribution in [2.24, 2.45) is 13.0 Å². The first-order chi connectivity index (χ1) is 6.54. The van der Waals surface area contributed by atoms with E-state index in [1.54, 1.807) is 4.68 Å².